The number of ether oxygens (including phenoxy) is 1. The van der Waals surface area contributed by atoms with Crippen molar-refractivity contribution in [1.82, 2.24) is 15.2 Å². The topological polar surface area (TPSA) is 40.6 Å². The van der Waals surface area contributed by atoms with Crippen LogP contribution in [-0.2, 0) is 24.1 Å². The Hall–Kier alpha value is -1.95. The first kappa shape index (κ1) is 20.0. The number of fused-ring (bicyclic) bond motifs is 2. The number of aryl methyl sites for hydroxylation is 1. The molecule has 5 nitrogen and oxygen atoms in total. The number of morpholine rings is 1. The fourth-order valence-corrected chi connectivity index (χ4v) is 5.53. The second kappa shape index (κ2) is 9.04. The lowest BCUT2D eigenvalue weighted by Gasteiger charge is -2.39. The van der Waals surface area contributed by atoms with Gasteiger partial charge in [0.05, 0.1) is 24.9 Å². The van der Waals surface area contributed by atoms with Gasteiger partial charge < -0.3 is 15.0 Å². The predicted molar refractivity (Wildman–Crippen MR) is 121 cm³/mol. The highest BCUT2D eigenvalue weighted by Gasteiger charge is 2.30. The van der Waals surface area contributed by atoms with E-state index >= 15 is 0 Å². The number of benzene rings is 1. The van der Waals surface area contributed by atoms with Crippen LogP contribution in [0.2, 0.25) is 0 Å². The Morgan fingerprint density at radius 1 is 1.17 bits per heavy atom. The molecule has 0 bridgehead atoms. The SMILES string of the molecule is CCN(C[C@H]1Cc2c(cccc2N2CCOCC2)CN1)[C@H]1CCCc2cccnc21. The monoisotopic (exact) mass is 406 g/mol. The third kappa shape index (κ3) is 3.98. The molecule has 2 aromatic rings. The molecule has 0 unspecified atom stereocenters. The number of nitrogens with zero attached hydrogens (tertiary/aromatic N) is 3. The Kier molecular flexibility index (Phi) is 6.02. The normalized spacial score (nSPS) is 23.9. The van der Waals surface area contributed by atoms with E-state index in [9.17, 15) is 0 Å². The summed E-state index contributed by atoms with van der Waals surface area (Å²) in [6.45, 7) is 9.08. The second-order valence-corrected chi connectivity index (χ2v) is 8.84. The lowest BCUT2D eigenvalue weighted by Crippen LogP contribution is -2.47. The number of nitrogens with one attached hydrogen (secondary N) is 1. The minimum atomic E-state index is 0.456. The summed E-state index contributed by atoms with van der Waals surface area (Å²) in [7, 11) is 0. The van der Waals surface area contributed by atoms with E-state index in [1.165, 1.54) is 41.8 Å². The molecule has 160 valence electrons. The predicted octanol–water partition coefficient (Wildman–Crippen LogP) is 3.33. The van der Waals surface area contributed by atoms with Crippen LogP contribution < -0.4 is 10.2 Å². The van der Waals surface area contributed by atoms with Gasteiger partial charge in [0.25, 0.3) is 0 Å². The summed E-state index contributed by atoms with van der Waals surface area (Å²) >= 11 is 0. The van der Waals surface area contributed by atoms with Gasteiger partial charge in [0, 0.05) is 44.1 Å². The van der Waals surface area contributed by atoms with Gasteiger partial charge in [-0.1, -0.05) is 25.1 Å². The maximum absolute atomic E-state index is 5.58. The van der Waals surface area contributed by atoms with Gasteiger partial charge in [0.2, 0.25) is 0 Å². The Balaban J connectivity index is 1.34. The minimum Gasteiger partial charge on any atom is -0.378 e. The zero-order valence-corrected chi connectivity index (χ0v) is 18.1. The molecule has 1 aromatic heterocycles. The van der Waals surface area contributed by atoms with Crippen molar-refractivity contribution >= 4 is 5.69 Å². The van der Waals surface area contributed by atoms with Crippen molar-refractivity contribution in [2.45, 2.75) is 51.2 Å². The Morgan fingerprint density at radius 2 is 2.03 bits per heavy atom. The summed E-state index contributed by atoms with van der Waals surface area (Å²) in [6, 6.07) is 12.1. The first-order chi connectivity index (χ1) is 14.8. The largest absolute Gasteiger partial charge is 0.378 e. The number of rotatable bonds is 5. The molecular weight excluding hydrogens is 372 g/mol. The molecule has 2 atom stereocenters. The van der Waals surface area contributed by atoms with E-state index in [4.69, 9.17) is 9.72 Å². The molecule has 1 saturated heterocycles. The van der Waals surface area contributed by atoms with Crippen LogP contribution in [0.5, 0.6) is 0 Å². The number of hydrogen-bond donors (Lipinski definition) is 1. The molecule has 0 saturated carbocycles. The molecular formula is C25H34N4O. The Morgan fingerprint density at radius 3 is 2.90 bits per heavy atom. The molecule has 5 rings (SSSR count). The number of pyridine rings is 1. The highest BCUT2D eigenvalue weighted by Crippen LogP contribution is 2.34. The van der Waals surface area contributed by atoms with E-state index in [-0.39, 0.29) is 0 Å². The molecule has 1 N–H and O–H groups in total. The van der Waals surface area contributed by atoms with Gasteiger partial charge in [-0.15, -0.1) is 0 Å². The van der Waals surface area contributed by atoms with Crippen LogP contribution in [0.3, 0.4) is 0 Å². The molecule has 0 spiro atoms. The summed E-state index contributed by atoms with van der Waals surface area (Å²) in [5.41, 5.74) is 7.19. The van der Waals surface area contributed by atoms with Crippen LogP contribution in [0.15, 0.2) is 36.5 Å². The molecule has 0 radical (unpaired) electrons. The zero-order valence-electron chi connectivity index (χ0n) is 18.1. The van der Waals surface area contributed by atoms with Crippen molar-refractivity contribution in [3.63, 3.8) is 0 Å². The van der Waals surface area contributed by atoms with Gasteiger partial charge in [0.15, 0.2) is 0 Å². The van der Waals surface area contributed by atoms with Crippen LogP contribution in [-0.4, -0.2) is 55.3 Å². The number of hydrogen-bond acceptors (Lipinski definition) is 5. The molecule has 1 aliphatic carbocycles. The maximum atomic E-state index is 5.58. The molecule has 3 aliphatic rings. The van der Waals surface area contributed by atoms with Crippen molar-refractivity contribution in [3.8, 4) is 0 Å². The zero-order chi connectivity index (χ0) is 20.3. The highest BCUT2D eigenvalue weighted by molar-refractivity contribution is 5.58. The van der Waals surface area contributed by atoms with E-state index in [0.29, 0.717) is 12.1 Å². The van der Waals surface area contributed by atoms with Gasteiger partial charge in [0.1, 0.15) is 0 Å². The van der Waals surface area contributed by atoms with Crippen molar-refractivity contribution in [1.29, 1.82) is 0 Å². The summed E-state index contributed by atoms with van der Waals surface area (Å²) in [5, 5.41) is 3.83. The molecule has 5 heteroatoms. The minimum absolute atomic E-state index is 0.456. The number of anilines is 1. The van der Waals surface area contributed by atoms with Crippen LogP contribution in [0.1, 0.15) is 48.2 Å². The first-order valence-corrected chi connectivity index (χ1v) is 11.7. The van der Waals surface area contributed by atoms with Gasteiger partial charge in [-0.25, -0.2) is 0 Å². The number of aromatic nitrogens is 1. The standard InChI is InChI=1S/C25H34N4O/c1-2-28(24-10-3-6-19-8-5-11-26-25(19)24)18-21-16-22-20(17-27-21)7-4-9-23(22)29-12-14-30-15-13-29/h4-5,7-9,11,21,24,27H,2-3,6,10,12-18H2,1H3/t21-,24+/m1/s1. The third-order valence-corrected chi connectivity index (χ3v) is 7.10. The summed E-state index contributed by atoms with van der Waals surface area (Å²) in [5.74, 6) is 0. The van der Waals surface area contributed by atoms with E-state index in [2.05, 4.69) is 52.4 Å². The quantitative estimate of drug-likeness (QED) is 0.825. The lowest BCUT2D eigenvalue weighted by molar-refractivity contribution is 0.122. The fourth-order valence-electron chi connectivity index (χ4n) is 5.53. The van der Waals surface area contributed by atoms with E-state index in [1.54, 1.807) is 5.56 Å². The molecule has 0 amide bonds. The molecule has 1 fully saturated rings. The smallest absolute Gasteiger partial charge is 0.0642 e. The average Bonchev–Trinajstić information content (AvgIpc) is 2.82. The van der Waals surface area contributed by atoms with Gasteiger partial charge in [-0.2, -0.15) is 0 Å². The van der Waals surface area contributed by atoms with Crippen LogP contribution in [0, 0.1) is 0 Å². The van der Waals surface area contributed by atoms with Crippen molar-refractivity contribution in [3.05, 3.63) is 58.9 Å². The van der Waals surface area contributed by atoms with Crippen LogP contribution in [0.25, 0.3) is 0 Å². The van der Waals surface area contributed by atoms with E-state index < -0.39 is 0 Å². The Bertz CT molecular complexity index is 864. The van der Waals surface area contributed by atoms with Crippen LogP contribution >= 0.6 is 0 Å². The number of likely N-dealkylation sites (N-methyl/N-ethyl adjacent to an activating group) is 1. The van der Waals surface area contributed by atoms with Gasteiger partial charge in [-0.3, -0.25) is 9.88 Å². The van der Waals surface area contributed by atoms with Crippen molar-refractivity contribution < 1.29 is 4.74 Å². The van der Waals surface area contributed by atoms with Crippen molar-refractivity contribution in [2.24, 2.45) is 0 Å². The summed E-state index contributed by atoms with van der Waals surface area (Å²) in [4.78, 5) is 9.97. The van der Waals surface area contributed by atoms with Gasteiger partial charge in [-0.05, 0) is 61.1 Å². The molecule has 3 heterocycles. The second-order valence-electron chi connectivity index (χ2n) is 8.84. The maximum Gasteiger partial charge on any atom is 0.0642 e. The fraction of sp³-hybridized carbons (Fsp3) is 0.560. The van der Waals surface area contributed by atoms with Gasteiger partial charge >= 0.3 is 0 Å². The third-order valence-electron chi connectivity index (χ3n) is 7.10. The average molecular weight is 407 g/mol. The van der Waals surface area contributed by atoms with E-state index in [1.807, 2.05) is 6.20 Å². The summed E-state index contributed by atoms with van der Waals surface area (Å²) in [6.07, 6.45) is 6.73. The van der Waals surface area contributed by atoms with E-state index in [0.717, 1.165) is 52.4 Å². The molecule has 2 aliphatic heterocycles. The van der Waals surface area contributed by atoms with Crippen molar-refractivity contribution in [2.75, 3.05) is 44.3 Å². The lowest BCUT2D eigenvalue weighted by atomic mass is 9.89. The highest BCUT2D eigenvalue weighted by atomic mass is 16.5. The first-order valence-electron chi connectivity index (χ1n) is 11.7. The molecule has 1 aromatic carbocycles. The summed E-state index contributed by atoms with van der Waals surface area (Å²) < 4.78 is 5.58. The van der Waals surface area contributed by atoms with Crippen LogP contribution in [0.4, 0.5) is 5.69 Å². The molecule has 30 heavy (non-hydrogen) atoms. The Labute approximate surface area is 180 Å².